The molecule has 0 aliphatic heterocycles. The maximum absolute atomic E-state index is 5.18. The Balaban J connectivity index is 3.13. The molecule has 0 aromatic heterocycles. The highest BCUT2D eigenvalue weighted by molar-refractivity contribution is 7.80. The van der Waals surface area contributed by atoms with E-state index < -0.39 is 0 Å². The average molecular weight is 158 g/mol. The van der Waals surface area contributed by atoms with Crippen molar-refractivity contribution in [1.29, 1.82) is 0 Å². The Morgan fingerprint density at radius 2 is 2.40 bits per heavy atom. The molecule has 0 spiro atoms. The molecule has 0 saturated carbocycles. The number of hydrogen-bond donors (Lipinski definition) is 0. The molecule has 0 aliphatic carbocycles. The molecule has 0 aliphatic rings. The van der Waals surface area contributed by atoms with E-state index in [2.05, 4.69) is 13.5 Å². The van der Waals surface area contributed by atoms with Gasteiger partial charge < -0.3 is 4.74 Å². The Bertz CT molecular complexity index is 110. The smallest absolute Gasteiger partial charge is 0.163 e. The predicted octanol–water partition coefficient (Wildman–Crippen LogP) is 2.71. The van der Waals surface area contributed by atoms with Gasteiger partial charge in [0.25, 0.3) is 0 Å². The fraction of sp³-hybridized carbons (Fsp3) is 0.625. The van der Waals surface area contributed by atoms with Gasteiger partial charge in [-0.15, -0.1) is 6.58 Å². The van der Waals surface area contributed by atoms with Gasteiger partial charge >= 0.3 is 0 Å². The van der Waals surface area contributed by atoms with E-state index in [1.807, 2.05) is 0 Å². The van der Waals surface area contributed by atoms with E-state index in [4.69, 9.17) is 17.0 Å². The molecule has 0 atom stereocenters. The molecule has 0 N–H and O–H groups in total. The van der Waals surface area contributed by atoms with Crippen LogP contribution in [0.1, 0.15) is 26.2 Å². The Morgan fingerprint density at radius 3 is 2.90 bits per heavy atom. The molecule has 0 heterocycles. The second-order valence-corrected chi connectivity index (χ2v) is 2.52. The summed E-state index contributed by atoms with van der Waals surface area (Å²) in [5.41, 5.74) is 0. The van der Waals surface area contributed by atoms with E-state index in [9.17, 15) is 0 Å². The van der Waals surface area contributed by atoms with Crippen LogP contribution in [0.3, 0.4) is 0 Å². The van der Waals surface area contributed by atoms with Crippen molar-refractivity contribution in [3.63, 3.8) is 0 Å². The molecular weight excluding hydrogens is 144 g/mol. The first kappa shape index (κ1) is 9.63. The van der Waals surface area contributed by atoms with E-state index in [1.165, 1.54) is 0 Å². The average Bonchev–Trinajstić information content (AvgIpc) is 1.89. The summed E-state index contributed by atoms with van der Waals surface area (Å²) < 4.78 is 5.18. The van der Waals surface area contributed by atoms with Crippen molar-refractivity contribution < 1.29 is 4.74 Å². The van der Waals surface area contributed by atoms with Crippen LogP contribution in [0.5, 0.6) is 0 Å². The maximum atomic E-state index is 5.18. The van der Waals surface area contributed by atoms with E-state index in [0.29, 0.717) is 11.5 Å². The summed E-state index contributed by atoms with van der Waals surface area (Å²) in [7, 11) is 0. The lowest BCUT2D eigenvalue weighted by molar-refractivity contribution is 0.299. The van der Waals surface area contributed by atoms with Crippen LogP contribution in [0.25, 0.3) is 0 Å². The zero-order valence-electron chi connectivity index (χ0n) is 6.43. The monoisotopic (exact) mass is 158 g/mol. The van der Waals surface area contributed by atoms with Gasteiger partial charge in [-0.25, -0.2) is 0 Å². The van der Waals surface area contributed by atoms with Crippen molar-refractivity contribution in [1.82, 2.24) is 0 Å². The first-order valence-corrected chi connectivity index (χ1v) is 3.98. The normalized spacial score (nSPS) is 8.90. The summed E-state index contributed by atoms with van der Waals surface area (Å²) in [5.74, 6) is 0. The molecule has 0 aromatic rings. The molecule has 58 valence electrons. The molecule has 0 saturated heterocycles. The second-order valence-electron chi connectivity index (χ2n) is 2.07. The van der Waals surface area contributed by atoms with Gasteiger partial charge in [0.15, 0.2) is 5.05 Å². The van der Waals surface area contributed by atoms with Crippen molar-refractivity contribution in [3.8, 4) is 0 Å². The van der Waals surface area contributed by atoms with Gasteiger partial charge in [-0.1, -0.05) is 19.4 Å². The van der Waals surface area contributed by atoms with E-state index >= 15 is 0 Å². The van der Waals surface area contributed by atoms with Crippen LogP contribution in [0.2, 0.25) is 0 Å². The van der Waals surface area contributed by atoms with Crippen LogP contribution in [-0.4, -0.2) is 11.7 Å². The predicted molar refractivity (Wildman–Crippen MR) is 48.3 cm³/mol. The number of ether oxygens (including phenoxy) is 1. The van der Waals surface area contributed by atoms with Gasteiger partial charge in [0.2, 0.25) is 0 Å². The Morgan fingerprint density at radius 1 is 1.70 bits per heavy atom. The lowest BCUT2D eigenvalue weighted by atomic mass is 10.4. The quantitative estimate of drug-likeness (QED) is 0.345. The molecule has 0 amide bonds. The van der Waals surface area contributed by atoms with Crippen LogP contribution in [0.4, 0.5) is 0 Å². The zero-order valence-corrected chi connectivity index (χ0v) is 7.25. The van der Waals surface area contributed by atoms with Crippen LogP contribution in [0, 0.1) is 0 Å². The van der Waals surface area contributed by atoms with Gasteiger partial charge in [0, 0.05) is 6.42 Å². The first-order chi connectivity index (χ1) is 4.81. The van der Waals surface area contributed by atoms with Crippen molar-refractivity contribution in [2.45, 2.75) is 26.2 Å². The fourth-order valence-corrected chi connectivity index (χ4v) is 0.708. The van der Waals surface area contributed by atoms with E-state index in [-0.39, 0.29) is 0 Å². The number of thiocarbonyl (C=S) groups is 1. The number of rotatable bonds is 5. The topological polar surface area (TPSA) is 9.23 Å². The van der Waals surface area contributed by atoms with Crippen molar-refractivity contribution >= 4 is 17.3 Å². The molecule has 0 rings (SSSR count). The molecular formula is C8H14OS. The summed E-state index contributed by atoms with van der Waals surface area (Å²) >= 11 is 4.87. The minimum atomic E-state index is 0.656. The Kier molecular flexibility index (Phi) is 6.50. The lowest BCUT2D eigenvalue weighted by Gasteiger charge is -2.02. The maximum Gasteiger partial charge on any atom is 0.163 e. The first-order valence-electron chi connectivity index (χ1n) is 3.57. The molecule has 0 aromatic carbocycles. The molecule has 0 radical (unpaired) electrons. The summed E-state index contributed by atoms with van der Waals surface area (Å²) in [4.78, 5) is 0. The molecule has 2 heteroatoms. The lowest BCUT2D eigenvalue weighted by Crippen LogP contribution is -2.01. The number of unbranched alkanes of at least 4 members (excludes halogenated alkanes) is 1. The molecule has 0 unspecified atom stereocenters. The second kappa shape index (κ2) is 6.75. The van der Waals surface area contributed by atoms with Crippen LogP contribution in [0.15, 0.2) is 12.7 Å². The Labute approximate surface area is 68.1 Å². The van der Waals surface area contributed by atoms with Crippen molar-refractivity contribution in [2.24, 2.45) is 0 Å². The fourth-order valence-electron chi connectivity index (χ4n) is 0.507. The third-order valence-corrected chi connectivity index (χ3v) is 1.36. The highest BCUT2D eigenvalue weighted by Gasteiger charge is 1.91. The summed E-state index contributed by atoms with van der Waals surface area (Å²) in [5, 5.41) is 0.656. The highest BCUT2D eigenvalue weighted by atomic mass is 32.1. The molecule has 0 bridgehead atoms. The van der Waals surface area contributed by atoms with Crippen LogP contribution < -0.4 is 0 Å². The standard InChI is InChI=1S/C8H14OS/c1-3-5-7-9-8(10)6-4-2/h4H,2-3,5-7H2,1H3. The SMILES string of the molecule is C=CCC(=S)OCCCC. The van der Waals surface area contributed by atoms with Crippen LogP contribution >= 0.6 is 12.2 Å². The minimum Gasteiger partial charge on any atom is -0.487 e. The summed E-state index contributed by atoms with van der Waals surface area (Å²) in [6.45, 7) is 6.44. The van der Waals surface area contributed by atoms with Gasteiger partial charge in [0.05, 0.1) is 6.61 Å². The molecule has 1 nitrogen and oxygen atoms in total. The third-order valence-electron chi connectivity index (χ3n) is 1.07. The molecule has 10 heavy (non-hydrogen) atoms. The van der Waals surface area contributed by atoms with E-state index in [0.717, 1.165) is 19.4 Å². The zero-order chi connectivity index (χ0) is 7.82. The summed E-state index contributed by atoms with van der Waals surface area (Å²) in [6, 6.07) is 0. The van der Waals surface area contributed by atoms with E-state index in [1.54, 1.807) is 6.08 Å². The van der Waals surface area contributed by atoms with Crippen LogP contribution in [-0.2, 0) is 4.74 Å². The number of hydrogen-bond acceptors (Lipinski definition) is 2. The minimum absolute atomic E-state index is 0.656. The van der Waals surface area contributed by atoms with Crippen molar-refractivity contribution in [3.05, 3.63) is 12.7 Å². The van der Waals surface area contributed by atoms with Gasteiger partial charge in [0.1, 0.15) is 0 Å². The van der Waals surface area contributed by atoms with Gasteiger partial charge in [-0.05, 0) is 18.6 Å². The molecule has 0 fully saturated rings. The van der Waals surface area contributed by atoms with Crippen molar-refractivity contribution in [2.75, 3.05) is 6.61 Å². The largest absolute Gasteiger partial charge is 0.487 e. The van der Waals surface area contributed by atoms with Gasteiger partial charge in [-0.3, -0.25) is 0 Å². The summed E-state index contributed by atoms with van der Waals surface area (Å²) in [6.07, 6.45) is 4.68. The third kappa shape index (κ3) is 5.76. The highest BCUT2D eigenvalue weighted by Crippen LogP contribution is 1.93. The Hall–Kier alpha value is -0.370. The van der Waals surface area contributed by atoms with Gasteiger partial charge in [-0.2, -0.15) is 0 Å².